The molecule has 280 valence electrons. The second kappa shape index (κ2) is 16.4. The van der Waals surface area contributed by atoms with Gasteiger partial charge in [0.05, 0.1) is 49.0 Å². The molecular formula is C34H28ClF3N8O6S2. The van der Waals surface area contributed by atoms with Crippen molar-refractivity contribution in [3.63, 3.8) is 0 Å². The number of hydrogen-bond donors (Lipinski definition) is 4. The Balaban J connectivity index is 0.000000208. The summed E-state index contributed by atoms with van der Waals surface area (Å²) >= 11 is 5.89. The van der Waals surface area contributed by atoms with Crippen LogP contribution in [0.3, 0.4) is 0 Å². The van der Waals surface area contributed by atoms with Crippen molar-refractivity contribution in [2.75, 3.05) is 10.6 Å². The first-order chi connectivity index (χ1) is 25.4. The highest BCUT2D eigenvalue weighted by atomic mass is 35.5. The number of primary sulfonamides is 2. The minimum atomic E-state index is -4.17. The molecule has 0 aliphatic carbocycles. The smallest absolute Gasteiger partial charge is 0.240 e. The van der Waals surface area contributed by atoms with Crippen LogP contribution in [0, 0.1) is 17.5 Å². The number of nitrogens with one attached hydrogen (secondary N) is 2. The van der Waals surface area contributed by atoms with Gasteiger partial charge < -0.3 is 10.6 Å². The normalized spacial score (nSPS) is 11.4. The van der Waals surface area contributed by atoms with Crippen molar-refractivity contribution in [1.82, 2.24) is 19.6 Å². The van der Waals surface area contributed by atoms with Crippen LogP contribution in [0.5, 0.6) is 0 Å². The highest BCUT2D eigenvalue weighted by molar-refractivity contribution is 7.89. The fourth-order valence-corrected chi connectivity index (χ4v) is 6.62. The first kappa shape index (κ1) is 39.3. The summed E-state index contributed by atoms with van der Waals surface area (Å²) in [6.07, 6.45) is 3.89. The summed E-state index contributed by atoms with van der Waals surface area (Å²) in [5.74, 6) is -2.49. The van der Waals surface area contributed by atoms with Gasteiger partial charge in [0.25, 0.3) is 0 Å². The lowest BCUT2D eigenvalue weighted by Crippen LogP contribution is -2.18. The Hall–Kier alpha value is -5.86. The molecule has 0 aliphatic rings. The zero-order valence-corrected chi connectivity index (χ0v) is 29.9. The lowest BCUT2D eigenvalue weighted by Gasteiger charge is -2.11. The maximum atomic E-state index is 13.2. The SMILES string of the molecule is NS(=O)(=O)c1cc(NC(=O)Cc2ccc(F)cc2)ccc1-n1cc(F)cn1.NS(=O)(=O)c1cc(NC(=O)Cc2cccc(Cl)c2)ccc1-n1cc(F)cn1. The fraction of sp³-hybridized carbons (Fsp3) is 0.0588. The first-order valence-electron chi connectivity index (χ1n) is 15.3. The van der Waals surface area contributed by atoms with E-state index in [1.54, 1.807) is 24.3 Å². The number of rotatable bonds is 10. The molecule has 0 saturated carbocycles. The average molecular weight is 801 g/mol. The van der Waals surface area contributed by atoms with Crippen LogP contribution in [-0.4, -0.2) is 48.2 Å². The molecule has 0 radical (unpaired) electrons. The molecule has 20 heteroatoms. The molecule has 14 nitrogen and oxygen atoms in total. The molecule has 4 aromatic carbocycles. The number of anilines is 2. The monoisotopic (exact) mass is 800 g/mol. The number of sulfonamides is 2. The second-order valence-electron chi connectivity index (χ2n) is 11.4. The summed E-state index contributed by atoms with van der Waals surface area (Å²) in [5.41, 5.74) is 1.80. The Labute approximate surface area is 311 Å². The van der Waals surface area contributed by atoms with Gasteiger partial charge in [-0.2, -0.15) is 10.2 Å². The van der Waals surface area contributed by atoms with Crippen LogP contribution in [0.4, 0.5) is 24.5 Å². The van der Waals surface area contributed by atoms with Gasteiger partial charge in [0.15, 0.2) is 11.6 Å². The van der Waals surface area contributed by atoms with E-state index in [1.165, 1.54) is 54.6 Å². The van der Waals surface area contributed by atoms with Gasteiger partial charge in [-0.05, 0) is 71.8 Å². The number of hydrogen-bond acceptors (Lipinski definition) is 8. The van der Waals surface area contributed by atoms with E-state index in [4.69, 9.17) is 21.9 Å². The van der Waals surface area contributed by atoms with E-state index in [9.17, 15) is 39.6 Å². The van der Waals surface area contributed by atoms with E-state index in [-0.39, 0.29) is 51.3 Å². The zero-order chi connectivity index (χ0) is 39.2. The highest BCUT2D eigenvalue weighted by Gasteiger charge is 2.20. The molecule has 0 unspecified atom stereocenters. The predicted octanol–water partition coefficient (Wildman–Crippen LogP) is 4.47. The summed E-state index contributed by atoms with van der Waals surface area (Å²) in [6, 6.07) is 20.2. The second-order valence-corrected chi connectivity index (χ2v) is 14.9. The van der Waals surface area contributed by atoms with E-state index in [0.29, 0.717) is 16.1 Å². The molecular weight excluding hydrogens is 773 g/mol. The van der Waals surface area contributed by atoms with Crippen LogP contribution in [0.1, 0.15) is 11.1 Å². The number of nitrogens with zero attached hydrogens (tertiary/aromatic N) is 4. The largest absolute Gasteiger partial charge is 0.326 e. The first-order valence-corrected chi connectivity index (χ1v) is 18.7. The lowest BCUT2D eigenvalue weighted by atomic mass is 10.1. The highest BCUT2D eigenvalue weighted by Crippen LogP contribution is 2.25. The number of carbonyl (C=O) groups excluding carboxylic acids is 2. The molecule has 2 amide bonds. The van der Waals surface area contributed by atoms with E-state index < -0.39 is 43.4 Å². The van der Waals surface area contributed by atoms with Gasteiger partial charge in [-0.1, -0.05) is 35.9 Å². The molecule has 54 heavy (non-hydrogen) atoms. The quantitative estimate of drug-likeness (QED) is 0.155. The molecule has 0 saturated heterocycles. The Bertz CT molecular complexity index is 2570. The van der Waals surface area contributed by atoms with E-state index in [0.717, 1.165) is 40.2 Å². The minimum absolute atomic E-state index is 0.0306. The maximum absolute atomic E-state index is 13.2. The summed E-state index contributed by atoms with van der Waals surface area (Å²) < 4.78 is 89.0. The van der Waals surface area contributed by atoms with Crippen molar-refractivity contribution in [2.45, 2.75) is 22.6 Å². The lowest BCUT2D eigenvalue weighted by molar-refractivity contribution is -0.116. The predicted molar refractivity (Wildman–Crippen MR) is 192 cm³/mol. The molecule has 6 rings (SSSR count). The summed E-state index contributed by atoms with van der Waals surface area (Å²) in [6.45, 7) is 0. The number of carbonyl (C=O) groups is 2. The van der Waals surface area contributed by atoms with Crippen molar-refractivity contribution in [3.8, 4) is 11.4 Å². The third-order valence-electron chi connectivity index (χ3n) is 7.23. The van der Waals surface area contributed by atoms with Gasteiger partial charge in [-0.3, -0.25) is 9.59 Å². The fourth-order valence-electron chi connectivity index (χ4n) is 4.91. The average Bonchev–Trinajstić information content (AvgIpc) is 3.73. The molecule has 6 aromatic rings. The topological polar surface area (TPSA) is 214 Å². The number of aromatic nitrogens is 4. The molecule has 6 N–H and O–H groups in total. The summed E-state index contributed by atoms with van der Waals surface area (Å²) in [4.78, 5) is 23.7. The van der Waals surface area contributed by atoms with Gasteiger partial charge in [0.2, 0.25) is 31.9 Å². The number of halogens is 4. The van der Waals surface area contributed by atoms with Crippen LogP contribution in [0.15, 0.2) is 120 Å². The zero-order valence-electron chi connectivity index (χ0n) is 27.5. The van der Waals surface area contributed by atoms with Gasteiger partial charge in [0, 0.05) is 16.4 Å². The molecule has 2 aromatic heterocycles. The minimum Gasteiger partial charge on any atom is -0.326 e. The van der Waals surface area contributed by atoms with Crippen LogP contribution < -0.4 is 20.9 Å². The van der Waals surface area contributed by atoms with Crippen LogP contribution in [0.25, 0.3) is 11.4 Å². The Morgan fingerprint density at radius 3 is 1.50 bits per heavy atom. The van der Waals surface area contributed by atoms with Crippen molar-refractivity contribution in [2.24, 2.45) is 10.3 Å². The molecule has 0 spiro atoms. The molecule has 0 atom stereocenters. The van der Waals surface area contributed by atoms with Crippen molar-refractivity contribution in [3.05, 3.63) is 143 Å². The van der Waals surface area contributed by atoms with Gasteiger partial charge in [0.1, 0.15) is 15.6 Å². The van der Waals surface area contributed by atoms with Crippen LogP contribution in [-0.2, 0) is 42.5 Å². The standard InChI is InChI=1S/C17H14ClFN4O3S.C17H14F2N4O3S/c18-12-3-1-2-11(6-12)7-17(24)22-14-4-5-15(16(8-14)27(20,25)26)23-10-13(19)9-21-23;18-12-3-1-11(2-4-12)7-17(24)22-14-5-6-15(16(8-14)27(20,25)26)23-10-13(19)9-21-23/h2*1-6,8-10H,7H2,(H,22,24)(H2,20,25,26). The van der Waals surface area contributed by atoms with E-state index >= 15 is 0 Å². The van der Waals surface area contributed by atoms with Crippen LogP contribution in [0.2, 0.25) is 5.02 Å². The van der Waals surface area contributed by atoms with Crippen LogP contribution >= 0.6 is 11.6 Å². The molecule has 0 fully saturated rings. The number of amides is 2. The van der Waals surface area contributed by atoms with Crippen molar-refractivity contribution < 1.29 is 39.6 Å². The van der Waals surface area contributed by atoms with Crippen molar-refractivity contribution >= 4 is 54.8 Å². The molecule has 2 heterocycles. The Kier molecular flexibility index (Phi) is 12.0. The molecule has 0 bridgehead atoms. The van der Waals surface area contributed by atoms with Gasteiger partial charge in [-0.25, -0.2) is 49.6 Å². The Morgan fingerprint density at radius 1 is 0.630 bits per heavy atom. The molecule has 0 aliphatic heterocycles. The van der Waals surface area contributed by atoms with Gasteiger partial charge >= 0.3 is 0 Å². The summed E-state index contributed by atoms with van der Waals surface area (Å²) in [5, 5.41) is 23.6. The van der Waals surface area contributed by atoms with E-state index in [2.05, 4.69) is 20.8 Å². The third-order valence-corrected chi connectivity index (χ3v) is 9.34. The van der Waals surface area contributed by atoms with Gasteiger partial charge in [-0.15, -0.1) is 0 Å². The summed E-state index contributed by atoms with van der Waals surface area (Å²) in [7, 11) is -8.32. The maximum Gasteiger partial charge on any atom is 0.240 e. The van der Waals surface area contributed by atoms with E-state index in [1.807, 2.05) is 0 Å². The Morgan fingerprint density at radius 2 is 1.09 bits per heavy atom. The van der Waals surface area contributed by atoms with Crippen molar-refractivity contribution in [1.29, 1.82) is 0 Å². The number of benzene rings is 4. The number of nitrogens with two attached hydrogens (primary N) is 2. The third kappa shape index (κ3) is 10.6.